The van der Waals surface area contributed by atoms with E-state index in [0.717, 1.165) is 11.4 Å². The zero-order valence-electron chi connectivity index (χ0n) is 20.5. The van der Waals surface area contributed by atoms with E-state index in [0.29, 0.717) is 42.6 Å². The molecule has 3 aromatic carbocycles. The first-order valence-electron chi connectivity index (χ1n) is 12.1. The van der Waals surface area contributed by atoms with Crippen molar-refractivity contribution >= 4 is 32.3 Å². The molecule has 2 heterocycles. The number of anilines is 1. The van der Waals surface area contributed by atoms with Crippen molar-refractivity contribution in [2.45, 2.75) is 17.2 Å². The number of piperazine rings is 1. The number of benzene rings is 3. The van der Waals surface area contributed by atoms with E-state index >= 15 is 0 Å². The molecule has 0 saturated carbocycles. The van der Waals surface area contributed by atoms with Gasteiger partial charge >= 0.3 is 0 Å². The lowest BCUT2D eigenvalue weighted by molar-refractivity contribution is -0.132. The van der Waals surface area contributed by atoms with Crippen LogP contribution in [0.2, 0.25) is 0 Å². The van der Waals surface area contributed by atoms with Crippen LogP contribution >= 0.6 is 0 Å². The maximum Gasteiger partial charge on any atom is 0.242 e. The lowest BCUT2D eigenvalue weighted by Gasteiger charge is -2.36. The summed E-state index contributed by atoms with van der Waals surface area (Å²) in [5, 5.41) is 0.549. The van der Waals surface area contributed by atoms with Gasteiger partial charge < -0.3 is 19.1 Å². The van der Waals surface area contributed by atoms with E-state index < -0.39 is 15.7 Å². The molecule has 0 spiro atoms. The topological polar surface area (TPSA) is 71.8 Å². The molecule has 4 aromatic rings. The number of para-hydroxylation sites is 3. The van der Waals surface area contributed by atoms with E-state index in [9.17, 15) is 17.6 Å². The van der Waals surface area contributed by atoms with E-state index in [2.05, 4.69) is 4.90 Å². The fourth-order valence-electron chi connectivity index (χ4n) is 4.85. The van der Waals surface area contributed by atoms with Gasteiger partial charge in [0, 0.05) is 43.3 Å². The summed E-state index contributed by atoms with van der Waals surface area (Å²) in [7, 11) is -2.13. The van der Waals surface area contributed by atoms with Gasteiger partial charge in [-0.15, -0.1) is 0 Å². The second kappa shape index (κ2) is 10.3. The predicted molar refractivity (Wildman–Crippen MR) is 141 cm³/mol. The van der Waals surface area contributed by atoms with Crippen LogP contribution in [0.15, 0.2) is 83.9 Å². The molecule has 0 atom stereocenters. The number of sulfone groups is 1. The number of methoxy groups -OCH3 is 1. The van der Waals surface area contributed by atoms with Gasteiger partial charge in [0.25, 0.3) is 0 Å². The molecule has 0 aliphatic carbocycles. The van der Waals surface area contributed by atoms with Crippen molar-refractivity contribution in [3.05, 3.63) is 90.4 Å². The molecule has 1 aromatic heterocycles. The molecule has 1 saturated heterocycles. The lowest BCUT2D eigenvalue weighted by Crippen LogP contribution is -2.49. The second-order valence-electron chi connectivity index (χ2n) is 9.07. The first kappa shape index (κ1) is 24.8. The van der Waals surface area contributed by atoms with Crippen LogP contribution in [-0.2, 0) is 26.9 Å². The third-order valence-electron chi connectivity index (χ3n) is 6.70. The van der Waals surface area contributed by atoms with Crippen LogP contribution in [0.25, 0.3) is 10.9 Å². The molecule has 1 aliphatic heterocycles. The molecule has 9 heteroatoms. The van der Waals surface area contributed by atoms with Gasteiger partial charge in [-0.3, -0.25) is 4.79 Å². The van der Waals surface area contributed by atoms with Gasteiger partial charge in [0.15, 0.2) is 9.84 Å². The molecule has 0 bridgehead atoms. The Morgan fingerprint density at radius 3 is 2.43 bits per heavy atom. The fourth-order valence-corrected chi connectivity index (χ4v) is 6.42. The largest absolute Gasteiger partial charge is 0.495 e. The lowest BCUT2D eigenvalue weighted by atomic mass is 10.2. The number of carbonyl (C=O) groups is 1. The maximum absolute atomic E-state index is 13.6. The number of rotatable bonds is 7. The molecule has 0 radical (unpaired) electrons. The van der Waals surface area contributed by atoms with Crippen molar-refractivity contribution in [1.29, 1.82) is 0 Å². The van der Waals surface area contributed by atoms with Gasteiger partial charge in [-0.1, -0.05) is 42.5 Å². The van der Waals surface area contributed by atoms with E-state index in [4.69, 9.17) is 4.74 Å². The molecule has 1 fully saturated rings. The molecule has 5 rings (SSSR count). The number of amides is 1. The molecule has 0 N–H and O–H groups in total. The summed E-state index contributed by atoms with van der Waals surface area (Å²) >= 11 is 0. The third kappa shape index (κ3) is 5.17. The summed E-state index contributed by atoms with van der Waals surface area (Å²) in [6.07, 6.45) is 1.53. The SMILES string of the molecule is COc1ccccc1N1CCN(C(=O)Cn2cc(S(=O)(=O)Cc3cccc(F)c3)c3ccccc32)CC1. The second-order valence-corrected chi connectivity index (χ2v) is 11.0. The zero-order valence-corrected chi connectivity index (χ0v) is 21.3. The Morgan fingerprint density at radius 2 is 1.68 bits per heavy atom. The van der Waals surface area contributed by atoms with E-state index in [1.807, 2.05) is 41.3 Å². The van der Waals surface area contributed by atoms with Crippen LogP contribution in [0.4, 0.5) is 10.1 Å². The van der Waals surface area contributed by atoms with Gasteiger partial charge in [0.05, 0.1) is 23.4 Å². The smallest absolute Gasteiger partial charge is 0.242 e. The number of halogens is 1. The molecule has 192 valence electrons. The Bertz CT molecular complexity index is 1540. The number of hydrogen-bond acceptors (Lipinski definition) is 5. The molecular weight excluding hydrogens is 493 g/mol. The minimum Gasteiger partial charge on any atom is -0.495 e. The molecule has 7 nitrogen and oxygen atoms in total. The van der Waals surface area contributed by atoms with Crippen LogP contribution in [0.1, 0.15) is 5.56 Å². The molecule has 1 amide bonds. The number of carbonyl (C=O) groups excluding carboxylic acids is 1. The quantitative estimate of drug-likeness (QED) is 0.366. The summed E-state index contributed by atoms with van der Waals surface area (Å²) in [6, 6.07) is 20.5. The van der Waals surface area contributed by atoms with Crippen LogP contribution in [-0.4, -0.2) is 57.1 Å². The Kier molecular flexibility index (Phi) is 6.88. The average Bonchev–Trinajstić information content (AvgIpc) is 3.28. The van der Waals surface area contributed by atoms with Crippen LogP contribution < -0.4 is 9.64 Å². The summed E-state index contributed by atoms with van der Waals surface area (Å²) in [5.41, 5.74) is 2.05. The highest BCUT2D eigenvalue weighted by Crippen LogP contribution is 2.30. The normalized spacial score (nSPS) is 14.2. The van der Waals surface area contributed by atoms with Gasteiger partial charge in [0.1, 0.15) is 18.1 Å². The highest BCUT2D eigenvalue weighted by atomic mass is 32.2. The number of ether oxygens (including phenoxy) is 1. The Hall–Kier alpha value is -3.85. The van der Waals surface area contributed by atoms with E-state index in [1.54, 1.807) is 29.9 Å². The van der Waals surface area contributed by atoms with Gasteiger partial charge in [0.2, 0.25) is 5.91 Å². The highest BCUT2D eigenvalue weighted by Gasteiger charge is 2.26. The van der Waals surface area contributed by atoms with E-state index in [1.165, 1.54) is 24.4 Å². The Labute approximate surface area is 215 Å². The Morgan fingerprint density at radius 1 is 0.946 bits per heavy atom. The van der Waals surface area contributed by atoms with Crippen LogP contribution in [0.3, 0.4) is 0 Å². The number of aromatic nitrogens is 1. The van der Waals surface area contributed by atoms with Crippen molar-refractivity contribution in [3.8, 4) is 5.75 Å². The summed E-state index contributed by atoms with van der Waals surface area (Å²) in [4.78, 5) is 17.4. The standard InChI is InChI=1S/C28H28FN3O4S/c1-36-26-12-5-4-11-25(26)30-13-15-31(16-14-30)28(33)19-32-18-27(23-9-2-3-10-24(23)32)37(34,35)20-21-7-6-8-22(29)17-21/h2-12,17-18H,13-16,19-20H2,1H3. The summed E-state index contributed by atoms with van der Waals surface area (Å²) in [5.74, 6) is -0.0773. The fraction of sp³-hybridized carbons (Fsp3) is 0.250. The molecular formula is C28H28FN3O4S. The van der Waals surface area contributed by atoms with Crippen molar-refractivity contribution in [3.63, 3.8) is 0 Å². The monoisotopic (exact) mass is 521 g/mol. The first-order chi connectivity index (χ1) is 17.9. The molecule has 1 aliphatic rings. The Balaban J connectivity index is 1.33. The highest BCUT2D eigenvalue weighted by molar-refractivity contribution is 7.90. The van der Waals surface area contributed by atoms with Crippen molar-refractivity contribution in [2.24, 2.45) is 0 Å². The van der Waals surface area contributed by atoms with Crippen LogP contribution in [0, 0.1) is 5.82 Å². The minimum absolute atomic E-state index is 0.0324. The molecule has 37 heavy (non-hydrogen) atoms. The zero-order chi connectivity index (χ0) is 26.0. The van der Waals surface area contributed by atoms with Crippen molar-refractivity contribution in [2.75, 3.05) is 38.2 Å². The van der Waals surface area contributed by atoms with Gasteiger partial charge in [-0.05, 0) is 35.9 Å². The number of hydrogen-bond donors (Lipinski definition) is 0. The third-order valence-corrected chi connectivity index (χ3v) is 8.41. The maximum atomic E-state index is 13.6. The summed E-state index contributed by atoms with van der Waals surface area (Å²) in [6.45, 7) is 2.49. The average molecular weight is 522 g/mol. The predicted octanol–water partition coefficient (Wildman–Crippen LogP) is 4.11. The van der Waals surface area contributed by atoms with Gasteiger partial charge in [-0.2, -0.15) is 0 Å². The first-order valence-corrected chi connectivity index (χ1v) is 13.7. The summed E-state index contributed by atoms with van der Waals surface area (Å²) < 4.78 is 47.4. The van der Waals surface area contributed by atoms with Crippen molar-refractivity contribution < 1.29 is 22.3 Å². The number of fused-ring (bicyclic) bond motifs is 1. The minimum atomic E-state index is -3.77. The van der Waals surface area contributed by atoms with Gasteiger partial charge in [-0.25, -0.2) is 12.8 Å². The van der Waals surface area contributed by atoms with E-state index in [-0.39, 0.29) is 23.1 Å². The van der Waals surface area contributed by atoms with Crippen molar-refractivity contribution in [1.82, 2.24) is 9.47 Å². The number of nitrogens with zero attached hydrogens (tertiary/aromatic N) is 3. The van der Waals surface area contributed by atoms with Crippen LogP contribution in [0.5, 0.6) is 5.75 Å². The molecule has 0 unspecified atom stereocenters.